The molecule has 0 unspecified atom stereocenters. The fourth-order valence-corrected chi connectivity index (χ4v) is 3.56. The molecule has 3 aromatic heterocycles. The van der Waals surface area contributed by atoms with Crippen LogP contribution in [0, 0.1) is 0 Å². The quantitative estimate of drug-likeness (QED) is 0.441. The lowest BCUT2D eigenvalue weighted by Gasteiger charge is -2.07. The number of benzene rings is 2. The third-order valence-corrected chi connectivity index (χ3v) is 5.06. The summed E-state index contributed by atoms with van der Waals surface area (Å²) in [5, 5.41) is 9.91. The Hall–Kier alpha value is -4.33. The maximum absolute atomic E-state index is 9.91. The molecule has 5 rings (SSSR count). The average Bonchev–Trinajstić information content (AvgIpc) is 3.43. The number of fused-ring (bicyclic) bond motifs is 1. The van der Waals surface area contributed by atoms with Crippen molar-refractivity contribution in [2.24, 2.45) is 0 Å². The summed E-state index contributed by atoms with van der Waals surface area (Å²) < 4.78 is 9.70. The Kier molecular flexibility index (Phi) is 4.72. The number of aromatic hydroxyl groups is 1. The second-order valence-corrected chi connectivity index (χ2v) is 7.06. The summed E-state index contributed by atoms with van der Waals surface area (Å²) >= 11 is 0. The first-order valence-electron chi connectivity index (χ1n) is 9.79. The molecule has 0 spiro atoms. The minimum atomic E-state index is 0.175. The lowest BCUT2D eigenvalue weighted by molar-refractivity contribution is 0.298. The molecule has 0 atom stereocenters. The van der Waals surface area contributed by atoms with Gasteiger partial charge in [-0.3, -0.25) is 0 Å². The highest BCUT2D eigenvalue weighted by atomic mass is 16.5. The van der Waals surface area contributed by atoms with E-state index < -0.39 is 0 Å². The first kappa shape index (κ1) is 18.7. The summed E-state index contributed by atoms with van der Waals surface area (Å²) in [5.41, 5.74) is 10.3. The van der Waals surface area contributed by atoms with Gasteiger partial charge in [0.05, 0.1) is 12.9 Å². The van der Waals surface area contributed by atoms with Crippen molar-refractivity contribution in [3.8, 4) is 28.3 Å². The van der Waals surface area contributed by atoms with Crippen LogP contribution in [-0.2, 0) is 6.54 Å². The van der Waals surface area contributed by atoms with Crippen molar-refractivity contribution in [2.45, 2.75) is 6.54 Å². The monoisotopic (exact) mass is 412 g/mol. The SMILES string of the molecule is Nc1ncnc2c(-c3ccc(OCCn4ccnc4)cc3)cn(-c3cccc(O)c3)c12. The number of nitrogens with two attached hydrogens (primary N) is 1. The van der Waals surface area contributed by atoms with Crippen LogP contribution in [0.15, 0.2) is 79.8 Å². The predicted molar refractivity (Wildman–Crippen MR) is 118 cm³/mol. The molecule has 0 bridgehead atoms. The predicted octanol–water partition coefficient (Wildman–Crippen LogP) is 3.65. The Labute approximate surface area is 178 Å². The van der Waals surface area contributed by atoms with E-state index in [-0.39, 0.29) is 5.75 Å². The topological polar surface area (TPSA) is 104 Å². The van der Waals surface area contributed by atoms with Gasteiger partial charge in [-0.1, -0.05) is 18.2 Å². The first-order valence-corrected chi connectivity index (χ1v) is 9.79. The van der Waals surface area contributed by atoms with Crippen molar-refractivity contribution in [2.75, 3.05) is 12.3 Å². The molecule has 0 aliphatic heterocycles. The number of hydrogen-bond acceptors (Lipinski definition) is 6. The molecule has 0 amide bonds. The number of ether oxygens (including phenoxy) is 1. The molecule has 8 heteroatoms. The summed E-state index contributed by atoms with van der Waals surface area (Å²) in [6.07, 6.45) is 8.84. The summed E-state index contributed by atoms with van der Waals surface area (Å²) in [7, 11) is 0. The van der Waals surface area contributed by atoms with Gasteiger partial charge in [-0.2, -0.15) is 0 Å². The van der Waals surface area contributed by atoms with Crippen molar-refractivity contribution in [1.82, 2.24) is 24.1 Å². The Morgan fingerprint density at radius 2 is 1.94 bits per heavy atom. The van der Waals surface area contributed by atoms with E-state index in [9.17, 15) is 5.11 Å². The normalized spacial score (nSPS) is 11.1. The molecule has 8 nitrogen and oxygen atoms in total. The van der Waals surface area contributed by atoms with Crippen LogP contribution in [0.3, 0.4) is 0 Å². The molecular weight excluding hydrogens is 392 g/mol. The highest BCUT2D eigenvalue weighted by Crippen LogP contribution is 2.34. The molecule has 0 saturated carbocycles. The van der Waals surface area contributed by atoms with Gasteiger partial charge in [-0.05, 0) is 29.8 Å². The number of hydrogen-bond donors (Lipinski definition) is 2. The highest BCUT2D eigenvalue weighted by Gasteiger charge is 2.16. The van der Waals surface area contributed by atoms with Gasteiger partial charge in [0.1, 0.15) is 35.5 Å². The summed E-state index contributed by atoms with van der Waals surface area (Å²) in [5.74, 6) is 1.34. The molecule has 2 aromatic carbocycles. The van der Waals surface area contributed by atoms with E-state index in [0.29, 0.717) is 17.9 Å². The molecule has 0 aliphatic rings. The summed E-state index contributed by atoms with van der Waals surface area (Å²) in [6.45, 7) is 1.28. The zero-order valence-electron chi connectivity index (χ0n) is 16.6. The average molecular weight is 412 g/mol. The van der Waals surface area contributed by atoms with Gasteiger partial charge in [-0.25, -0.2) is 15.0 Å². The Morgan fingerprint density at radius 1 is 1.06 bits per heavy atom. The van der Waals surface area contributed by atoms with Crippen LogP contribution in [0.25, 0.3) is 27.8 Å². The van der Waals surface area contributed by atoms with Gasteiger partial charge in [0.25, 0.3) is 0 Å². The van der Waals surface area contributed by atoms with Crippen LogP contribution in [0.5, 0.6) is 11.5 Å². The molecule has 5 aromatic rings. The fourth-order valence-electron chi connectivity index (χ4n) is 3.56. The number of imidazole rings is 1. The fraction of sp³-hybridized carbons (Fsp3) is 0.0870. The molecule has 0 fully saturated rings. The molecule has 0 radical (unpaired) electrons. The standard InChI is InChI=1S/C23H20N6O2/c24-23-22-21(26-14-27-23)20(13-29(22)17-2-1-3-18(30)12-17)16-4-6-19(7-5-16)31-11-10-28-9-8-25-15-28/h1-9,12-15,30H,10-11H2,(H2,24,26,27). The summed E-state index contributed by atoms with van der Waals surface area (Å²) in [4.78, 5) is 12.6. The lowest BCUT2D eigenvalue weighted by Crippen LogP contribution is -2.06. The van der Waals surface area contributed by atoms with E-state index in [1.165, 1.54) is 6.33 Å². The largest absolute Gasteiger partial charge is 0.508 e. The van der Waals surface area contributed by atoms with Gasteiger partial charge in [0.2, 0.25) is 0 Å². The number of nitrogens with zero attached hydrogens (tertiary/aromatic N) is 5. The molecule has 3 N–H and O–H groups in total. The second kappa shape index (κ2) is 7.83. The van der Waals surface area contributed by atoms with E-state index in [1.54, 1.807) is 30.7 Å². The van der Waals surface area contributed by atoms with Gasteiger partial charge >= 0.3 is 0 Å². The zero-order chi connectivity index (χ0) is 21.2. The maximum atomic E-state index is 9.91. The number of phenolic OH excluding ortho intramolecular Hbond substituents is 1. The van der Waals surface area contributed by atoms with E-state index >= 15 is 0 Å². The van der Waals surface area contributed by atoms with Crippen molar-refractivity contribution in [3.05, 3.63) is 79.8 Å². The highest BCUT2D eigenvalue weighted by molar-refractivity contribution is 5.98. The van der Waals surface area contributed by atoms with Crippen molar-refractivity contribution in [1.29, 1.82) is 0 Å². The molecule has 0 saturated heterocycles. The molecule has 3 heterocycles. The third kappa shape index (κ3) is 3.66. The van der Waals surface area contributed by atoms with Crippen LogP contribution in [0.2, 0.25) is 0 Å². The maximum Gasteiger partial charge on any atom is 0.151 e. The van der Waals surface area contributed by atoms with Crippen molar-refractivity contribution >= 4 is 16.9 Å². The van der Waals surface area contributed by atoms with Crippen molar-refractivity contribution in [3.63, 3.8) is 0 Å². The molecule has 154 valence electrons. The van der Waals surface area contributed by atoms with E-state index in [4.69, 9.17) is 10.5 Å². The zero-order valence-corrected chi connectivity index (χ0v) is 16.6. The molecular formula is C23H20N6O2. The van der Waals surface area contributed by atoms with E-state index in [1.807, 2.05) is 51.9 Å². The Morgan fingerprint density at radius 3 is 2.71 bits per heavy atom. The van der Waals surface area contributed by atoms with Gasteiger partial charge in [-0.15, -0.1) is 0 Å². The number of aromatic nitrogens is 5. The van der Waals surface area contributed by atoms with Crippen LogP contribution < -0.4 is 10.5 Å². The van der Waals surface area contributed by atoms with Crippen LogP contribution in [0.4, 0.5) is 5.82 Å². The Balaban J connectivity index is 1.46. The van der Waals surface area contributed by atoms with Crippen LogP contribution in [0.1, 0.15) is 0 Å². The minimum Gasteiger partial charge on any atom is -0.508 e. The van der Waals surface area contributed by atoms with Gasteiger partial charge < -0.3 is 24.7 Å². The number of phenols is 1. The van der Waals surface area contributed by atoms with Crippen LogP contribution in [-0.4, -0.2) is 35.8 Å². The third-order valence-electron chi connectivity index (χ3n) is 5.06. The second-order valence-electron chi connectivity index (χ2n) is 7.06. The Bertz CT molecular complexity index is 1330. The first-order chi connectivity index (χ1) is 15.2. The minimum absolute atomic E-state index is 0.175. The summed E-state index contributed by atoms with van der Waals surface area (Å²) in [6, 6.07) is 14.8. The smallest absolute Gasteiger partial charge is 0.151 e. The number of anilines is 1. The van der Waals surface area contributed by atoms with E-state index in [2.05, 4.69) is 15.0 Å². The number of nitrogen functional groups attached to an aromatic ring is 1. The van der Waals surface area contributed by atoms with Crippen LogP contribution >= 0.6 is 0 Å². The molecule has 31 heavy (non-hydrogen) atoms. The lowest BCUT2D eigenvalue weighted by atomic mass is 10.1. The molecule has 0 aliphatic carbocycles. The number of rotatable bonds is 6. The van der Waals surface area contributed by atoms with Gasteiger partial charge in [0.15, 0.2) is 5.82 Å². The van der Waals surface area contributed by atoms with E-state index in [0.717, 1.165) is 34.6 Å². The van der Waals surface area contributed by atoms with Crippen molar-refractivity contribution < 1.29 is 9.84 Å². The van der Waals surface area contributed by atoms with Gasteiger partial charge in [0, 0.05) is 35.9 Å².